The SMILES string of the molecule is Nc1cc(Br)cc(Br)c1NC(=O)CCC1CCCO1. The number of hydrogen-bond acceptors (Lipinski definition) is 3. The van der Waals surface area contributed by atoms with Gasteiger partial charge in [-0.15, -0.1) is 0 Å². The van der Waals surface area contributed by atoms with Crippen LogP contribution in [0, 0.1) is 0 Å². The number of carbonyl (C=O) groups excluding carboxylic acids is 1. The molecule has 0 aliphatic carbocycles. The molecule has 4 nitrogen and oxygen atoms in total. The van der Waals surface area contributed by atoms with E-state index in [0.29, 0.717) is 17.8 Å². The van der Waals surface area contributed by atoms with Gasteiger partial charge in [-0.25, -0.2) is 0 Å². The summed E-state index contributed by atoms with van der Waals surface area (Å²) in [7, 11) is 0. The van der Waals surface area contributed by atoms with Gasteiger partial charge in [0.15, 0.2) is 0 Å². The number of nitrogens with two attached hydrogens (primary N) is 1. The predicted octanol–water partition coefficient (Wildman–Crippen LogP) is 3.69. The molecule has 19 heavy (non-hydrogen) atoms. The molecule has 1 unspecified atom stereocenters. The Kier molecular flexibility index (Phi) is 5.24. The summed E-state index contributed by atoms with van der Waals surface area (Å²) in [6, 6.07) is 3.62. The van der Waals surface area contributed by atoms with Crippen LogP contribution < -0.4 is 11.1 Å². The topological polar surface area (TPSA) is 64.3 Å². The van der Waals surface area contributed by atoms with Crippen LogP contribution >= 0.6 is 31.9 Å². The molecule has 1 fully saturated rings. The highest BCUT2D eigenvalue weighted by molar-refractivity contribution is 9.11. The van der Waals surface area contributed by atoms with Gasteiger partial charge in [-0.3, -0.25) is 4.79 Å². The number of hydrogen-bond donors (Lipinski definition) is 2. The van der Waals surface area contributed by atoms with Crippen LogP contribution in [0.5, 0.6) is 0 Å². The normalized spacial score (nSPS) is 18.5. The largest absolute Gasteiger partial charge is 0.397 e. The number of ether oxygens (including phenoxy) is 1. The highest BCUT2D eigenvalue weighted by Crippen LogP contribution is 2.32. The summed E-state index contributed by atoms with van der Waals surface area (Å²) < 4.78 is 7.13. The fourth-order valence-corrected chi connectivity index (χ4v) is 3.45. The molecule has 1 saturated heterocycles. The van der Waals surface area contributed by atoms with Gasteiger partial charge in [-0.05, 0) is 47.3 Å². The number of benzene rings is 1. The lowest BCUT2D eigenvalue weighted by atomic mass is 10.1. The highest BCUT2D eigenvalue weighted by Gasteiger charge is 2.17. The van der Waals surface area contributed by atoms with Crippen LogP contribution in [0.1, 0.15) is 25.7 Å². The summed E-state index contributed by atoms with van der Waals surface area (Å²) in [5, 5.41) is 2.84. The fraction of sp³-hybridized carbons (Fsp3) is 0.462. The monoisotopic (exact) mass is 390 g/mol. The molecular formula is C13H16Br2N2O2. The van der Waals surface area contributed by atoms with Crippen molar-refractivity contribution in [2.45, 2.75) is 31.8 Å². The van der Waals surface area contributed by atoms with Crippen LogP contribution in [-0.4, -0.2) is 18.6 Å². The molecule has 1 amide bonds. The quantitative estimate of drug-likeness (QED) is 0.769. The number of halogens is 2. The van der Waals surface area contributed by atoms with Crippen LogP contribution in [0.4, 0.5) is 11.4 Å². The Balaban J connectivity index is 1.91. The van der Waals surface area contributed by atoms with Gasteiger partial charge >= 0.3 is 0 Å². The van der Waals surface area contributed by atoms with Crippen molar-refractivity contribution in [3.63, 3.8) is 0 Å². The van der Waals surface area contributed by atoms with E-state index in [1.807, 2.05) is 6.07 Å². The first-order chi connectivity index (χ1) is 9.06. The number of rotatable bonds is 4. The second-order valence-electron chi connectivity index (χ2n) is 4.57. The van der Waals surface area contributed by atoms with Crippen molar-refractivity contribution in [2.24, 2.45) is 0 Å². The molecular weight excluding hydrogens is 376 g/mol. The first-order valence-corrected chi connectivity index (χ1v) is 7.81. The molecule has 1 aromatic carbocycles. The Morgan fingerprint density at radius 3 is 2.89 bits per heavy atom. The van der Waals surface area contributed by atoms with Crippen LogP contribution in [0.3, 0.4) is 0 Å². The maximum atomic E-state index is 11.9. The van der Waals surface area contributed by atoms with E-state index in [4.69, 9.17) is 10.5 Å². The summed E-state index contributed by atoms with van der Waals surface area (Å²) in [4.78, 5) is 11.9. The molecule has 0 aromatic heterocycles. The minimum Gasteiger partial charge on any atom is -0.397 e. The zero-order valence-electron chi connectivity index (χ0n) is 10.4. The summed E-state index contributed by atoms with van der Waals surface area (Å²) in [5.74, 6) is -0.0368. The lowest BCUT2D eigenvalue weighted by molar-refractivity contribution is -0.116. The summed E-state index contributed by atoms with van der Waals surface area (Å²) in [5.41, 5.74) is 7.05. The van der Waals surface area contributed by atoms with Gasteiger partial charge in [0, 0.05) is 22.0 Å². The average Bonchev–Trinajstić information content (AvgIpc) is 2.84. The van der Waals surface area contributed by atoms with E-state index in [1.165, 1.54) is 0 Å². The van der Waals surface area contributed by atoms with E-state index in [2.05, 4.69) is 37.2 Å². The summed E-state index contributed by atoms with van der Waals surface area (Å²) in [6.45, 7) is 0.817. The molecule has 0 radical (unpaired) electrons. The molecule has 1 aliphatic rings. The van der Waals surface area contributed by atoms with Crippen molar-refractivity contribution in [3.8, 4) is 0 Å². The van der Waals surface area contributed by atoms with E-state index in [0.717, 1.165) is 34.8 Å². The number of carbonyl (C=O) groups is 1. The first kappa shape index (κ1) is 14.8. The summed E-state index contributed by atoms with van der Waals surface area (Å²) in [6.07, 6.45) is 3.60. The molecule has 104 valence electrons. The van der Waals surface area contributed by atoms with Crippen molar-refractivity contribution in [3.05, 3.63) is 21.1 Å². The van der Waals surface area contributed by atoms with E-state index in [9.17, 15) is 4.79 Å². The van der Waals surface area contributed by atoms with Crippen LogP contribution in [0.25, 0.3) is 0 Å². The number of nitrogen functional groups attached to an aromatic ring is 1. The molecule has 2 rings (SSSR count). The van der Waals surface area contributed by atoms with Crippen LogP contribution in [-0.2, 0) is 9.53 Å². The van der Waals surface area contributed by atoms with E-state index >= 15 is 0 Å². The highest BCUT2D eigenvalue weighted by atomic mass is 79.9. The summed E-state index contributed by atoms with van der Waals surface area (Å²) >= 11 is 6.74. The van der Waals surface area contributed by atoms with Gasteiger partial charge in [0.2, 0.25) is 5.91 Å². The van der Waals surface area contributed by atoms with E-state index in [-0.39, 0.29) is 12.0 Å². The van der Waals surface area contributed by atoms with Crippen LogP contribution in [0.15, 0.2) is 21.1 Å². The number of nitrogens with one attached hydrogen (secondary N) is 1. The molecule has 1 heterocycles. The van der Waals surface area contributed by atoms with Gasteiger partial charge in [0.05, 0.1) is 17.5 Å². The van der Waals surface area contributed by atoms with E-state index < -0.39 is 0 Å². The van der Waals surface area contributed by atoms with Gasteiger partial charge in [0.25, 0.3) is 0 Å². The Bertz CT molecular complexity index is 451. The molecule has 0 saturated carbocycles. The zero-order chi connectivity index (χ0) is 13.8. The Morgan fingerprint density at radius 1 is 1.47 bits per heavy atom. The lowest BCUT2D eigenvalue weighted by Crippen LogP contribution is -2.16. The molecule has 1 aliphatic heterocycles. The van der Waals surface area contributed by atoms with Gasteiger partial charge in [-0.2, -0.15) is 0 Å². The van der Waals surface area contributed by atoms with Gasteiger partial charge in [-0.1, -0.05) is 15.9 Å². The third-order valence-electron chi connectivity index (χ3n) is 3.07. The minimum absolute atomic E-state index is 0.0368. The standard InChI is InChI=1S/C13H16Br2N2O2/c14-8-6-10(15)13(11(16)7-8)17-12(18)4-3-9-2-1-5-19-9/h6-7,9H,1-5,16H2,(H,17,18). The fourth-order valence-electron chi connectivity index (χ4n) is 2.09. The van der Waals surface area contributed by atoms with Crippen molar-refractivity contribution in [2.75, 3.05) is 17.7 Å². The predicted molar refractivity (Wildman–Crippen MR) is 83.1 cm³/mol. The average molecular weight is 392 g/mol. The molecule has 1 aromatic rings. The van der Waals surface area contributed by atoms with Crippen LogP contribution in [0.2, 0.25) is 0 Å². The van der Waals surface area contributed by atoms with Gasteiger partial charge in [0.1, 0.15) is 0 Å². The molecule has 3 N–H and O–H groups in total. The first-order valence-electron chi connectivity index (χ1n) is 6.22. The third-order valence-corrected chi connectivity index (χ3v) is 4.15. The second kappa shape index (κ2) is 6.72. The molecule has 1 atom stereocenters. The minimum atomic E-state index is -0.0368. The van der Waals surface area contributed by atoms with E-state index in [1.54, 1.807) is 6.07 Å². The maximum absolute atomic E-state index is 11.9. The Hall–Kier alpha value is -0.590. The number of amides is 1. The Labute approximate surface area is 129 Å². The smallest absolute Gasteiger partial charge is 0.224 e. The Morgan fingerprint density at radius 2 is 2.26 bits per heavy atom. The number of anilines is 2. The second-order valence-corrected chi connectivity index (χ2v) is 6.34. The molecule has 0 spiro atoms. The van der Waals surface area contributed by atoms with Crippen molar-refractivity contribution in [1.82, 2.24) is 0 Å². The van der Waals surface area contributed by atoms with Crippen molar-refractivity contribution >= 4 is 49.1 Å². The van der Waals surface area contributed by atoms with Crippen molar-refractivity contribution in [1.29, 1.82) is 0 Å². The molecule has 0 bridgehead atoms. The third kappa shape index (κ3) is 4.19. The molecule has 6 heteroatoms. The lowest BCUT2D eigenvalue weighted by Gasteiger charge is -2.12. The van der Waals surface area contributed by atoms with Gasteiger partial charge < -0.3 is 15.8 Å². The maximum Gasteiger partial charge on any atom is 0.224 e. The van der Waals surface area contributed by atoms with Crippen molar-refractivity contribution < 1.29 is 9.53 Å². The zero-order valence-corrected chi connectivity index (χ0v) is 13.6.